The van der Waals surface area contributed by atoms with E-state index >= 15 is 0 Å². The van der Waals surface area contributed by atoms with Crippen molar-refractivity contribution >= 4 is 23.2 Å². The molecule has 2 amide bonds. The molecule has 0 aromatic heterocycles. The van der Waals surface area contributed by atoms with Gasteiger partial charge in [0.1, 0.15) is 0 Å². The molecule has 1 aliphatic heterocycles. The van der Waals surface area contributed by atoms with Crippen LogP contribution >= 0.6 is 0 Å². The summed E-state index contributed by atoms with van der Waals surface area (Å²) in [6.07, 6.45) is -0.0134. The van der Waals surface area contributed by atoms with Crippen LogP contribution in [0.5, 0.6) is 0 Å². The van der Waals surface area contributed by atoms with E-state index in [-0.39, 0.29) is 30.5 Å². The van der Waals surface area contributed by atoms with Crippen LogP contribution in [-0.4, -0.2) is 68.7 Å². The van der Waals surface area contributed by atoms with E-state index in [1.165, 1.54) is 25.2 Å². The molecule has 1 aromatic carbocycles. The number of methoxy groups -OCH3 is 2. The summed E-state index contributed by atoms with van der Waals surface area (Å²) in [5.41, 5.74) is -0.513. The van der Waals surface area contributed by atoms with Gasteiger partial charge in [0.25, 0.3) is 0 Å². The first kappa shape index (κ1) is 20.7. The molecule has 1 heterocycles. The molecule has 1 aromatic rings. The van der Waals surface area contributed by atoms with Crippen molar-refractivity contribution in [2.45, 2.75) is 6.42 Å². The van der Waals surface area contributed by atoms with Gasteiger partial charge in [-0.25, -0.2) is 0 Å². The van der Waals surface area contributed by atoms with Gasteiger partial charge < -0.3 is 19.3 Å². The number of hydrogen-bond acceptors (Lipinski definition) is 6. The standard InChI is InChI=1S/C17H22FN3O6/c1-26-7-5-19(6-8-27-2)17(23)12-9-16(22)20(11-12)13-3-4-14(18)15(10-13)21(24)25/h3-4,10,12H,5-9,11H2,1-2H3. The first-order valence-corrected chi connectivity index (χ1v) is 8.40. The Morgan fingerprint density at radius 3 is 2.52 bits per heavy atom. The normalized spacial score (nSPS) is 16.6. The van der Waals surface area contributed by atoms with Crippen LogP contribution in [0.2, 0.25) is 0 Å². The van der Waals surface area contributed by atoms with Gasteiger partial charge in [-0.1, -0.05) is 0 Å². The molecule has 1 unspecified atom stereocenters. The molecule has 1 fully saturated rings. The highest BCUT2D eigenvalue weighted by Crippen LogP contribution is 2.30. The van der Waals surface area contributed by atoms with Crippen molar-refractivity contribution in [2.75, 3.05) is 52.0 Å². The summed E-state index contributed by atoms with van der Waals surface area (Å²) >= 11 is 0. The minimum absolute atomic E-state index is 0.0134. The van der Waals surface area contributed by atoms with E-state index in [0.717, 1.165) is 12.1 Å². The Morgan fingerprint density at radius 2 is 1.96 bits per heavy atom. The molecule has 2 rings (SSSR count). The zero-order chi connectivity index (χ0) is 20.0. The maximum absolute atomic E-state index is 13.5. The second kappa shape index (κ2) is 9.38. The molecule has 0 N–H and O–H groups in total. The number of rotatable bonds is 9. The summed E-state index contributed by atoms with van der Waals surface area (Å²) in [6, 6.07) is 3.24. The van der Waals surface area contributed by atoms with Crippen LogP contribution in [0.25, 0.3) is 0 Å². The number of carbonyl (C=O) groups is 2. The van der Waals surface area contributed by atoms with Crippen molar-refractivity contribution < 1.29 is 28.4 Å². The Balaban J connectivity index is 2.14. The summed E-state index contributed by atoms with van der Waals surface area (Å²) in [5.74, 6) is -2.12. The van der Waals surface area contributed by atoms with E-state index in [1.54, 1.807) is 4.90 Å². The van der Waals surface area contributed by atoms with Crippen molar-refractivity contribution in [1.29, 1.82) is 0 Å². The minimum atomic E-state index is -0.978. The van der Waals surface area contributed by atoms with Crippen molar-refractivity contribution in [1.82, 2.24) is 4.90 Å². The van der Waals surface area contributed by atoms with E-state index < -0.39 is 22.3 Å². The maximum atomic E-state index is 13.5. The average Bonchev–Trinajstić information content (AvgIpc) is 3.03. The van der Waals surface area contributed by atoms with Crippen LogP contribution in [0, 0.1) is 21.8 Å². The Morgan fingerprint density at radius 1 is 1.33 bits per heavy atom. The maximum Gasteiger partial charge on any atom is 0.306 e. The summed E-state index contributed by atoms with van der Waals surface area (Å²) in [4.78, 5) is 38.0. The van der Waals surface area contributed by atoms with Crippen LogP contribution in [0.1, 0.15) is 6.42 Å². The molecular weight excluding hydrogens is 361 g/mol. The van der Waals surface area contributed by atoms with Gasteiger partial charge in [0.2, 0.25) is 17.6 Å². The number of ether oxygens (including phenoxy) is 2. The van der Waals surface area contributed by atoms with Gasteiger partial charge in [-0.05, 0) is 12.1 Å². The second-order valence-electron chi connectivity index (χ2n) is 6.11. The molecular formula is C17H22FN3O6. The Hall–Kier alpha value is -2.59. The van der Waals surface area contributed by atoms with Gasteiger partial charge in [0.05, 0.1) is 29.7 Å². The third-order valence-electron chi connectivity index (χ3n) is 4.35. The van der Waals surface area contributed by atoms with Crippen molar-refractivity contribution in [3.63, 3.8) is 0 Å². The van der Waals surface area contributed by atoms with Gasteiger partial charge in [-0.2, -0.15) is 4.39 Å². The number of halogens is 1. The summed E-state index contributed by atoms with van der Waals surface area (Å²) < 4.78 is 23.5. The second-order valence-corrected chi connectivity index (χ2v) is 6.11. The Bertz CT molecular complexity index is 706. The van der Waals surface area contributed by atoms with E-state index in [9.17, 15) is 24.1 Å². The SMILES string of the molecule is COCCN(CCOC)C(=O)C1CC(=O)N(c2ccc(F)c([N+](=O)[O-])c2)C1. The first-order chi connectivity index (χ1) is 12.9. The van der Waals surface area contributed by atoms with E-state index in [2.05, 4.69) is 0 Å². The molecule has 27 heavy (non-hydrogen) atoms. The number of hydrogen-bond donors (Lipinski definition) is 0. The third-order valence-corrected chi connectivity index (χ3v) is 4.35. The monoisotopic (exact) mass is 383 g/mol. The Labute approximate surface area is 155 Å². The lowest BCUT2D eigenvalue weighted by atomic mass is 10.1. The fourth-order valence-corrected chi connectivity index (χ4v) is 2.92. The summed E-state index contributed by atoms with van der Waals surface area (Å²) in [5, 5.41) is 10.9. The molecule has 0 radical (unpaired) electrons. The van der Waals surface area contributed by atoms with Crippen LogP contribution in [0.4, 0.5) is 15.8 Å². The zero-order valence-electron chi connectivity index (χ0n) is 15.2. The van der Waals surface area contributed by atoms with E-state index in [0.29, 0.717) is 26.3 Å². The number of nitrogens with zero attached hydrogens (tertiary/aromatic N) is 3. The summed E-state index contributed by atoms with van der Waals surface area (Å²) in [7, 11) is 3.06. The van der Waals surface area contributed by atoms with Gasteiger partial charge in [0, 0.05) is 46.3 Å². The van der Waals surface area contributed by atoms with Gasteiger partial charge >= 0.3 is 5.69 Å². The van der Waals surface area contributed by atoms with Crippen LogP contribution in [0.15, 0.2) is 18.2 Å². The van der Waals surface area contributed by atoms with Gasteiger partial charge in [-0.15, -0.1) is 0 Å². The van der Waals surface area contributed by atoms with Gasteiger partial charge in [0.15, 0.2) is 0 Å². The highest BCUT2D eigenvalue weighted by atomic mass is 19.1. The smallest absolute Gasteiger partial charge is 0.306 e. The topological polar surface area (TPSA) is 102 Å². The molecule has 0 aliphatic carbocycles. The molecule has 10 heteroatoms. The minimum Gasteiger partial charge on any atom is -0.383 e. The van der Waals surface area contributed by atoms with Crippen molar-refractivity contribution in [3.8, 4) is 0 Å². The van der Waals surface area contributed by atoms with Crippen LogP contribution in [-0.2, 0) is 19.1 Å². The third kappa shape index (κ3) is 4.98. The predicted molar refractivity (Wildman–Crippen MR) is 93.8 cm³/mol. The van der Waals surface area contributed by atoms with Crippen molar-refractivity contribution in [3.05, 3.63) is 34.1 Å². The van der Waals surface area contributed by atoms with E-state index in [4.69, 9.17) is 9.47 Å². The quantitative estimate of drug-likeness (QED) is 0.469. The lowest BCUT2D eigenvalue weighted by molar-refractivity contribution is -0.387. The molecule has 148 valence electrons. The summed E-state index contributed by atoms with van der Waals surface area (Å²) in [6.45, 7) is 1.52. The Kier molecular flexibility index (Phi) is 7.19. The lowest BCUT2D eigenvalue weighted by Gasteiger charge is -2.25. The number of carbonyl (C=O) groups excluding carboxylic acids is 2. The largest absolute Gasteiger partial charge is 0.383 e. The molecule has 1 aliphatic rings. The molecule has 9 nitrogen and oxygen atoms in total. The first-order valence-electron chi connectivity index (χ1n) is 8.40. The number of benzene rings is 1. The van der Waals surface area contributed by atoms with Crippen LogP contribution in [0.3, 0.4) is 0 Å². The average molecular weight is 383 g/mol. The van der Waals surface area contributed by atoms with Crippen LogP contribution < -0.4 is 4.90 Å². The molecule has 0 saturated carbocycles. The van der Waals surface area contributed by atoms with Crippen molar-refractivity contribution in [2.24, 2.45) is 5.92 Å². The fraction of sp³-hybridized carbons (Fsp3) is 0.529. The number of nitro groups is 1. The fourth-order valence-electron chi connectivity index (χ4n) is 2.92. The van der Waals surface area contributed by atoms with Gasteiger partial charge in [-0.3, -0.25) is 19.7 Å². The molecule has 1 saturated heterocycles. The number of amides is 2. The number of nitro benzene ring substituents is 1. The molecule has 0 spiro atoms. The van der Waals surface area contributed by atoms with E-state index in [1.807, 2.05) is 0 Å². The zero-order valence-corrected chi connectivity index (χ0v) is 15.2. The lowest BCUT2D eigenvalue weighted by Crippen LogP contribution is -2.41. The molecule has 1 atom stereocenters. The highest BCUT2D eigenvalue weighted by Gasteiger charge is 2.37. The highest BCUT2D eigenvalue weighted by molar-refractivity contribution is 6.00. The predicted octanol–water partition coefficient (Wildman–Crippen LogP) is 1.21. The number of anilines is 1. The molecule has 0 bridgehead atoms.